The van der Waals surface area contributed by atoms with E-state index in [0.29, 0.717) is 0 Å². The van der Waals surface area contributed by atoms with Crippen molar-refractivity contribution in [3.63, 3.8) is 0 Å². The van der Waals surface area contributed by atoms with E-state index in [1.54, 1.807) is 0 Å². The summed E-state index contributed by atoms with van der Waals surface area (Å²) in [5, 5.41) is 3.54. The Morgan fingerprint density at radius 2 is 1.97 bits per heavy atom. The number of esters is 1. The van der Waals surface area contributed by atoms with Crippen LogP contribution in [0.25, 0.3) is 17.0 Å². The molecule has 0 aliphatic rings. The molecule has 0 saturated heterocycles. The minimum absolute atomic E-state index is 0.0659. The summed E-state index contributed by atoms with van der Waals surface area (Å²) in [4.78, 5) is 24.5. The van der Waals surface area contributed by atoms with Crippen molar-refractivity contribution in [1.29, 1.82) is 0 Å². The summed E-state index contributed by atoms with van der Waals surface area (Å²) in [5.74, 6) is -2.49. The van der Waals surface area contributed by atoms with E-state index < -0.39 is 29.6 Å². The van der Waals surface area contributed by atoms with Gasteiger partial charge in [0.1, 0.15) is 17.7 Å². The molecule has 0 aliphatic heterocycles. The molecule has 0 unspecified atom stereocenters. The lowest BCUT2D eigenvalue weighted by atomic mass is 10.0. The summed E-state index contributed by atoms with van der Waals surface area (Å²) < 4.78 is 33.7. The van der Waals surface area contributed by atoms with Gasteiger partial charge >= 0.3 is 5.97 Å². The fraction of sp³-hybridized carbons (Fsp3) is 0.182. The first-order chi connectivity index (χ1) is 13.9. The molecule has 1 N–H and O–H groups in total. The van der Waals surface area contributed by atoms with Crippen LogP contribution in [0.3, 0.4) is 0 Å². The zero-order valence-corrected chi connectivity index (χ0v) is 16.0. The maximum atomic E-state index is 13.7. The molecule has 0 aliphatic carbocycles. The first-order valence-electron chi connectivity index (χ1n) is 8.93. The van der Waals surface area contributed by atoms with Gasteiger partial charge in [-0.3, -0.25) is 4.79 Å². The Balaban J connectivity index is 1.78. The molecule has 0 radical (unpaired) electrons. The average molecular weight is 398 g/mol. The molecule has 0 bridgehead atoms. The van der Waals surface area contributed by atoms with E-state index in [1.807, 2.05) is 42.1 Å². The van der Waals surface area contributed by atoms with Crippen LogP contribution >= 0.6 is 0 Å². The molecule has 3 rings (SSSR count). The van der Waals surface area contributed by atoms with Gasteiger partial charge in [-0.1, -0.05) is 18.2 Å². The minimum Gasteiger partial charge on any atom is -0.467 e. The van der Waals surface area contributed by atoms with Gasteiger partial charge in [-0.25, -0.2) is 13.6 Å². The molecular weight excluding hydrogens is 378 g/mol. The molecule has 150 valence electrons. The first kappa shape index (κ1) is 20.3. The molecule has 1 amide bonds. The van der Waals surface area contributed by atoms with Crippen molar-refractivity contribution in [1.82, 2.24) is 9.88 Å². The number of fused-ring (bicyclic) bond motifs is 1. The lowest BCUT2D eigenvalue weighted by molar-refractivity contribution is -0.144. The minimum atomic E-state index is -0.930. The summed E-state index contributed by atoms with van der Waals surface area (Å²) in [6.07, 6.45) is 4.32. The molecule has 0 spiro atoms. The van der Waals surface area contributed by atoms with Crippen LogP contribution in [0, 0.1) is 11.6 Å². The van der Waals surface area contributed by atoms with Gasteiger partial charge < -0.3 is 14.6 Å². The molecule has 0 fully saturated rings. The SMILES string of the molecule is COC(=O)[C@H](Cc1cn(C)c2ccccc12)NC(=O)C=Cc1cc(F)ccc1F. The van der Waals surface area contributed by atoms with E-state index in [4.69, 9.17) is 4.74 Å². The van der Waals surface area contributed by atoms with Gasteiger partial charge in [-0.2, -0.15) is 0 Å². The van der Waals surface area contributed by atoms with Gasteiger partial charge in [0.25, 0.3) is 0 Å². The number of para-hydroxylation sites is 1. The van der Waals surface area contributed by atoms with Crippen molar-refractivity contribution in [2.45, 2.75) is 12.5 Å². The molecule has 2 aromatic carbocycles. The predicted octanol–water partition coefficient (Wildman–Crippen LogP) is 3.37. The summed E-state index contributed by atoms with van der Waals surface area (Å²) in [5.41, 5.74) is 1.81. The van der Waals surface area contributed by atoms with E-state index in [-0.39, 0.29) is 12.0 Å². The van der Waals surface area contributed by atoms with Crippen molar-refractivity contribution < 1.29 is 23.1 Å². The van der Waals surface area contributed by atoms with Crippen LogP contribution in [0.1, 0.15) is 11.1 Å². The summed E-state index contributed by atoms with van der Waals surface area (Å²) in [6, 6.07) is 9.73. The molecule has 1 aromatic heterocycles. The third-order valence-corrected chi connectivity index (χ3v) is 4.58. The Hall–Kier alpha value is -3.48. The quantitative estimate of drug-likeness (QED) is 0.512. The third-order valence-electron chi connectivity index (χ3n) is 4.58. The fourth-order valence-electron chi connectivity index (χ4n) is 3.17. The Morgan fingerprint density at radius 1 is 1.21 bits per heavy atom. The summed E-state index contributed by atoms with van der Waals surface area (Å²) in [6.45, 7) is 0. The number of methoxy groups -OCH3 is 1. The molecule has 1 heterocycles. The number of hydrogen-bond donors (Lipinski definition) is 1. The van der Waals surface area contributed by atoms with Gasteiger partial charge in [-0.05, 0) is 35.9 Å². The number of ether oxygens (including phenoxy) is 1. The average Bonchev–Trinajstić information content (AvgIpc) is 3.03. The van der Waals surface area contributed by atoms with Gasteiger partial charge in [0.05, 0.1) is 7.11 Å². The van der Waals surface area contributed by atoms with Gasteiger partial charge in [-0.15, -0.1) is 0 Å². The second-order valence-corrected chi connectivity index (χ2v) is 6.57. The van der Waals surface area contributed by atoms with Gasteiger partial charge in [0, 0.05) is 42.2 Å². The second-order valence-electron chi connectivity index (χ2n) is 6.57. The zero-order chi connectivity index (χ0) is 21.0. The highest BCUT2D eigenvalue weighted by Crippen LogP contribution is 2.22. The highest BCUT2D eigenvalue weighted by atomic mass is 19.1. The smallest absolute Gasteiger partial charge is 0.328 e. The lowest BCUT2D eigenvalue weighted by Crippen LogP contribution is -2.42. The Morgan fingerprint density at radius 3 is 2.72 bits per heavy atom. The number of amides is 1. The van der Waals surface area contributed by atoms with Crippen molar-refractivity contribution in [2.24, 2.45) is 7.05 Å². The number of aryl methyl sites for hydroxylation is 1. The van der Waals surface area contributed by atoms with Gasteiger partial charge in [0.15, 0.2) is 0 Å². The second kappa shape index (κ2) is 8.68. The topological polar surface area (TPSA) is 60.3 Å². The van der Waals surface area contributed by atoms with Crippen molar-refractivity contribution in [3.8, 4) is 0 Å². The van der Waals surface area contributed by atoms with Crippen LogP contribution in [-0.4, -0.2) is 29.6 Å². The van der Waals surface area contributed by atoms with E-state index in [9.17, 15) is 18.4 Å². The number of nitrogens with one attached hydrogen (secondary N) is 1. The number of benzene rings is 2. The lowest BCUT2D eigenvalue weighted by Gasteiger charge is -2.15. The Labute approximate surface area is 166 Å². The van der Waals surface area contributed by atoms with Crippen LogP contribution in [0.5, 0.6) is 0 Å². The van der Waals surface area contributed by atoms with Crippen LogP contribution in [0.4, 0.5) is 8.78 Å². The summed E-state index contributed by atoms with van der Waals surface area (Å²) >= 11 is 0. The maximum absolute atomic E-state index is 13.7. The number of aromatic nitrogens is 1. The normalized spacial score (nSPS) is 12.3. The van der Waals surface area contributed by atoms with E-state index in [0.717, 1.165) is 46.8 Å². The molecule has 1 atom stereocenters. The monoisotopic (exact) mass is 398 g/mol. The molecule has 3 aromatic rings. The number of halogens is 2. The van der Waals surface area contributed by atoms with Crippen molar-refractivity contribution in [3.05, 3.63) is 77.5 Å². The van der Waals surface area contributed by atoms with Gasteiger partial charge in [0.2, 0.25) is 5.91 Å². The van der Waals surface area contributed by atoms with E-state index in [1.165, 1.54) is 7.11 Å². The molecule has 29 heavy (non-hydrogen) atoms. The Kier molecular flexibility index (Phi) is 6.07. The van der Waals surface area contributed by atoms with Crippen LogP contribution in [-0.2, 0) is 27.8 Å². The molecular formula is C22H20F2N2O3. The number of rotatable bonds is 6. The Bertz CT molecular complexity index is 1090. The molecule has 0 saturated carbocycles. The van der Waals surface area contributed by atoms with E-state index >= 15 is 0 Å². The number of carbonyl (C=O) groups is 2. The van der Waals surface area contributed by atoms with Crippen molar-refractivity contribution in [2.75, 3.05) is 7.11 Å². The largest absolute Gasteiger partial charge is 0.467 e. The first-order valence-corrected chi connectivity index (χ1v) is 8.93. The summed E-state index contributed by atoms with van der Waals surface area (Å²) in [7, 11) is 3.14. The maximum Gasteiger partial charge on any atom is 0.328 e. The van der Waals surface area contributed by atoms with Crippen LogP contribution < -0.4 is 5.32 Å². The zero-order valence-electron chi connectivity index (χ0n) is 16.0. The third kappa shape index (κ3) is 4.68. The highest BCUT2D eigenvalue weighted by Gasteiger charge is 2.23. The number of nitrogens with zero attached hydrogens (tertiary/aromatic N) is 1. The molecule has 7 heteroatoms. The number of hydrogen-bond acceptors (Lipinski definition) is 3. The standard InChI is InChI=1S/C22H20F2N2O3/c1-26-13-15(17-5-3-4-6-20(17)26)12-19(22(28)29-2)25-21(27)10-7-14-11-16(23)8-9-18(14)24/h3-11,13,19H,12H2,1-2H3,(H,25,27)/t19-/m0/s1. The predicted molar refractivity (Wildman–Crippen MR) is 106 cm³/mol. The van der Waals surface area contributed by atoms with Crippen LogP contribution in [0.15, 0.2) is 54.7 Å². The van der Waals surface area contributed by atoms with E-state index in [2.05, 4.69) is 5.32 Å². The highest BCUT2D eigenvalue weighted by molar-refractivity contribution is 5.95. The molecule has 5 nitrogen and oxygen atoms in total. The number of carbonyl (C=O) groups excluding carboxylic acids is 2. The van der Waals surface area contributed by atoms with Crippen LogP contribution in [0.2, 0.25) is 0 Å². The van der Waals surface area contributed by atoms with Crippen molar-refractivity contribution >= 4 is 28.9 Å². The fourth-order valence-corrected chi connectivity index (χ4v) is 3.17.